The first kappa shape index (κ1) is 21.0. The van der Waals surface area contributed by atoms with Crippen molar-refractivity contribution in [1.29, 1.82) is 0 Å². The highest BCUT2D eigenvalue weighted by Gasteiger charge is 2.52. The number of nitrogens with zero attached hydrogens (tertiary/aromatic N) is 2. The Hall–Kier alpha value is -3.61. The van der Waals surface area contributed by atoms with Gasteiger partial charge in [-0.05, 0) is 43.5 Å². The predicted octanol–water partition coefficient (Wildman–Crippen LogP) is 4.68. The normalized spacial score (nSPS) is 22.7. The molecule has 6 rings (SSSR count). The highest BCUT2D eigenvalue weighted by molar-refractivity contribution is 6.24. The lowest BCUT2D eigenvalue weighted by Crippen LogP contribution is -2.42. The molecule has 34 heavy (non-hydrogen) atoms. The number of amides is 4. The fourth-order valence-electron chi connectivity index (χ4n) is 5.95. The van der Waals surface area contributed by atoms with Crippen LogP contribution in [-0.2, 0) is 11.2 Å². The molecule has 3 heterocycles. The number of para-hydroxylation sites is 2. The van der Waals surface area contributed by atoms with Gasteiger partial charge in [-0.15, -0.1) is 0 Å². The third-order valence-corrected chi connectivity index (χ3v) is 7.66. The average Bonchev–Trinajstić information content (AvgIpc) is 3.35. The van der Waals surface area contributed by atoms with Crippen molar-refractivity contribution in [2.45, 2.75) is 63.6 Å². The number of hydrogen-bond donors (Lipinski definition) is 2. The summed E-state index contributed by atoms with van der Waals surface area (Å²) in [5.41, 5.74) is 3.81. The Balaban J connectivity index is 1.33. The van der Waals surface area contributed by atoms with Gasteiger partial charge in [-0.2, -0.15) is 0 Å². The number of aromatic amines is 1. The van der Waals surface area contributed by atoms with E-state index in [-0.39, 0.29) is 29.9 Å². The third-order valence-electron chi connectivity index (χ3n) is 7.66. The van der Waals surface area contributed by atoms with Crippen molar-refractivity contribution in [3.8, 4) is 0 Å². The highest BCUT2D eigenvalue weighted by Crippen LogP contribution is 2.42. The largest absolute Gasteiger partial charge is 0.356 e. The van der Waals surface area contributed by atoms with Crippen molar-refractivity contribution in [3.63, 3.8) is 0 Å². The summed E-state index contributed by atoms with van der Waals surface area (Å²) in [5, 5.41) is 4.22. The van der Waals surface area contributed by atoms with Gasteiger partial charge < -0.3 is 15.2 Å². The third kappa shape index (κ3) is 3.14. The summed E-state index contributed by atoms with van der Waals surface area (Å²) >= 11 is 0. The first-order chi connectivity index (χ1) is 16.5. The van der Waals surface area contributed by atoms with Gasteiger partial charge in [0, 0.05) is 29.1 Å². The van der Waals surface area contributed by atoms with Crippen LogP contribution in [-0.4, -0.2) is 39.8 Å². The second kappa shape index (κ2) is 8.01. The molecule has 2 N–H and O–H groups in total. The van der Waals surface area contributed by atoms with Gasteiger partial charge in [0.2, 0.25) is 0 Å². The summed E-state index contributed by atoms with van der Waals surface area (Å²) in [4.78, 5) is 46.8. The summed E-state index contributed by atoms with van der Waals surface area (Å²) in [7, 11) is 0. The van der Waals surface area contributed by atoms with E-state index in [1.54, 1.807) is 29.2 Å². The molecule has 1 saturated carbocycles. The number of rotatable bonds is 3. The zero-order valence-electron chi connectivity index (χ0n) is 19.2. The maximum Gasteiger partial charge on any atom is 0.332 e. The molecule has 7 heteroatoms. The molecule has 2 aromatic carbocycles. The molecule has 2 fully saturated rings. The van der Waals surface area contributed by atoms with E-state index < -0.39 is 6.04 Å². The zero-order valence-corrected chi connectivity index (χ0v) is 19.2. The van der Waals surface area contributed by atoms with Gasteiger partial charge in [-0.3, -0.25) is 9.59 Å². The molecule has 7 nitrogen and oxygen atoms in total. The number of anilines is 1. The maximum atomic E-state index is 13.7. The molecule has 1 unspecified atom stereocenters. The van der Waals surface area contributed by atoms with Crippen LogP contribution >= 0.6 is 0 Å². The van der Waals surface area contributed by atoms with Crippen LogP contribution < -0.4 is 10.2 Å². The second-order valence-corrected chi connectivity index (χ2v) is 9.65. The predicted molar refractivity (Wildman–Crippen MR) is 130 cm³/mol. The van der Waals surface area contributed by atoms with E-state index in [1.165, 1.54) is 11.3 Å². The number of benzene rings is 2. The quantitative estimate of drug-likeness (QED) is 0.561. The number of urea groups is 1. The van der Waals surface area contributed by atoms with E-state index in [2.05, 4.69) is 16.4 Å². The van der Waals surface area contributed by atoms with E-state index in [9.17, 15) is 14.4 Å². The number of carbonyl (C=O) groups excluding carboxylic acids is 3. The Labute approximate surface area is 198 Å². The molecule has 2 aliphatic heterocycles. The maximum absolute atomic E-state index is 13.7. The Morgan fingerprint density at radius 1 is 1.00 bits per heavy atom. The molecule has 1 aliphatic carbocycles. The van der Waals surface area contributed by atoms with Crippen LogP contribution in [0.2, 0.25) is 0 Å². The van der Waals surface area contributed by atoms with Crippen LogP contribution in [0.25, 0.3) is 10.9 Å². The van der Waals surface area contributed by atoms with E-state index >= 15 is 0 Å². The SMILES string of the molecule is CC1c2[nH]c3ccccc3c2C[C@H]2C(=O)N(c3ccccc3C(=O)NC3CCCCC3)C(=O)N12. The van der Waals surface area contributed by atoms with Gasteiger partial charge in [0.05, 0.1) is 17.3 Å². The van der Waals surface area contributed by atoms with Crippen LogP contribution in [0.15, 0.2) is 48.5 Å². The van der Waals surface area contributed by atoms with Gasteiger partial charge >= 0.3 is 6.03 Å². The van der Waals surface area contributed by atoms with Crippen molar-refractivity contribution in [3.05, 3.63) is 65.4 Å². The molecule has 1 saturated heterocycles. The van der Waals surface area contributed by atoms with E-state index in [0.717, 1.165) is 47.8 Å². The average molecular weight is 457 g/mol. The molecule has 0 bridgehead atoms. The number of imide groups is 1. The zero-order chi connectivity index (χ0) is 23.4. The van der Waals surface area contributed by atoms with Crippen LogP contribution in [0.3, 0.4) is 0 Å². The lowest BCUT2D eigenvalue weighted by molar-refractivity contribution is -0.120. The minimum absolute atomic E-state index is 0.143. The van der Waals surface area contributed by atoms with Crippen LogP contribution in [0.1, 0.15) is 66.7 Å². The number of aromatic nitrogens is 1. The number of nitrogens with one attached hydrogen (secondary N) is 2. The Bertz CT molecular complexity index is 1310. The molecular formula is C27H28N4O3. The van der Waals surface area contributed by atoms with Gasteiger partial charge in [0.1, 0.15) is 6.04 Å². The lowest BCUT2D eigenvalue weighted by atomic mass is 9.93. The molecule has 174 valence electrons. The molecule has 0 spiro atoms. The first-order valence-corrected chi connectivity index (χ1v) is 12.2. The molecule has 4 amide bonds. The standard InChI is InChI=1S/C27H28N4O3/c1-16-24-20(18-11-5-7-13-21(18)29-24)15-23-26(33)31(27(34)30(16)23)22-14-8-6-12-19(22)25(32)28-17-9-3-2-4-10-17/h5-8,11-14,16-17,23,29H,2-4,9-10,15H2,1H3,(H,28,32)/t16?,23-/m0/s1. The number of carbonyl (C=O) groups is 3. The van der Waals surface area contributed by atoms with Gasteiger partial charge in [-0.25, -0.2) is 9.69 Å². The van der Waals surface area contributed by atoms with Crippen molar-refractivity contribution in [2.75, 3.05) is 4.90 Å². The Morgan fingerprint density at radius 2 is 1.74 bits per heavy atom. The van der Waals surface area contributed by atoms with Crippen molar-refractivity contribution in [1.82, 2.24) is 15.2 Å². The first-order valence-electron chi connectivity index (χ1n) is 12.2. The van der Waals surface area contributed by atoms with Crippen molar-refractivity contribution in [2.24, 2.45) is 0 Å². The van der Waals surface area contributed by atoms with Crippen molar-refractivity contribution >= 4 is 34.4 Å². The lowest BCUT2D eigenvalue weighted by Gasteiger charge is -2.33. The topological polar surface area (TPSA) is 85.5 Å². The number of hydrogen-bond acceptors (Lipinski definition) is 3. The Morgan fingerprint density at radius 3 is 2.56 bits per heavy atom. The molecule has 3 aromatic rings. The molecule has 1 aromatic heterocycles. The fourth-order valence-corrected chi connectivity index (χ4v) is 5.95. The molecular weight excluding hydrogens is 428 g/mol. The summed E-state index contributed by atoms with van der Waals surface area (Å²) in [5.74, 6) is -0.497. The smallest absolute Gasteiger partial charge is 0.332 e. The van der Waals surface area contributed by atoms with Crippen LogP contribution in [0, 0.1) is 0 Å². The minimum atomic E-state index is -0.580. The molecule has 2 atom stereocenters. The van der Waals surface area contributed by atoms with E-state index in [1.807, 2.05) is 25.1 Å². The second-order valence-electron chi connectivity index (χ2n) is 9.65. The fraction of sp³-hybridized carbons (Fsp3) is 0.370. The van der Waals surface area contributed by atoms with Gasteiger partial charge in [0.15, 0.2) is 0 Å². The summed E-state index contributed by atoms with van der Waals surface area (Å²) in [6.07, 6.45) is 5.81. The van der Waals surface area contributed by atoms with E-state index in [4.69, 9.17) is 0 Å². The minimum Gasteiger partial charge on any atom is -0.356 e. The summed E-state index contributed by atoms with van der Waals surface area (Å²) < 4.78 is 0. The van der Waals surface area contributed by atoms with Gasteiger partial charge in [0.25, 0.3) is 11.8 Å². The van der Waals surface area contributed by atoms with Crippen LogP contribution in [0.5, 0.6) is 0 Å². The summed E-state index contributed by atoms with van der Waals surface area (Å²) in [6, 6.07) is 13.9. The summed E-state index contributed by atoms with van der Waals surface area (Å²) in [6.45, 7) is 1.96. The van der Waals surface area contributed by atoms with Crippen LogP contribution in [0.4, 0.5) is 10.5 Å². The number of fused-ring (bicyclic) bond motifs is 4. The van der Waals surface area contributed by atoms with Gasteiger partial charge in [-0.1, -0.05) is 49.6 Å². The monoisotopic (exact) mass is 456 g/mol. The highest BCUT2D eigenvalue weighted by atomic mass is 16.2. The number of H-pyrrole nitrogens is 1. The molecule has 0 radical (unpaired) electrons. The van der Waals surface area contributed by atoms with Crippen molar-refractivity contribution < 1.29 is 14.4 Å². The molecule has 3 aliphatic rings. The van der Waals surface area contributed by atoms with E-state index in [0.29, 0.717) is 17.7 Å². The Kier molecular flexibility index (Phi) is 4.94.